The van der Waals surface area contributed by atoms with Crippen LogP contribution in [0.5, 0.6) is 0 Å². The lowest BCUT2D eigenvalue weighted by Crippen LogP contribution is -2.53. The highest BCUT2D eigenvalue weighted by atomic mass is 16.6. The predicted molar refractivity (Wildman–Crippen MR) is 95.8 cm³/mol. The first-order chi connectivity index (χ1) is 11.0. The van der Waals surface area contributed by atoms with Crippen LogP contribution in [0.4, 0.5) is 4.79 Å². The Morgan fingerprint density at radius 1 is 1.04 bits per heavy atom. The number of nitrogens with one attached hydrogen (secondary N) is 2. The quantitative estimate of drug-likeness (QED) is 0.867. The van der Waals surface area contributed by atoms with Crippen molar-refractivity contribution in [1.29, 1.82) is 0 Å². The zero-order valence-corrected chi connectivity index (χ0v) is 15.6. The van der Waals surface area contributed by atoms with E-state index in [1.54, 1.807) is 20.8 Å². The summed E-state index contributed by atoms with van der Waals surface area (Å²) in [6.45, 7) is 11.1. The molecular weight excluding hydrogens is 304 g/mol. The molecule has 0 saturated carbocycles. The van der Waals surface area contributed by atoms with Crippen LogP contribution in [0.15, 0.2) is 30.3 Å². The number of benzene rings is 1. The van der Waals surface area contributed by atoms with Crippen LogP contribution in [0.2, 0.25) is 0 Å². The van der Waals surface area contributed by atoms with Crippen molar-refractivity contribution in [2.24, 2.45) is 0 Å². The van der Waals surface area contributed by atoms with E-state index in [-0.39, 0.29) is 11.4 Å². The van der Waals surface area contributed by atoms with Gasteiger partial charge >= 0.3 is 6.09 Å². The molecule has 0 aliphatic carbocycles. The monoisotopic (exact) mass is 334 g/mol. The normalized spacial score (nSPS) is 13.1. The van der Waals surface area contributed by atoms with E-state index in [4.69, 9.17) is 4.74 Å². The van der Waals surface area contributed by atoms with E-state index in [1.165, 1.54) is 0 Å². The average Bonchev–Trinajstić information content (AvgIpc) is 2.40. The molecule has 0 spiro atoms. The van der Waals surface area contributed by atoms with E-state index >= 15 is 0 Å². The maximum absolute atomic E-state index is 12.5. The van der Waals surface area contributed by atoms with Crippen molar-refractivity contribution in [1.82, 2.24) is 10.6 Å². The Morgan fingerprint density at radius 3 is 2.12 bits per heavy atom. The van der Waals surface area contributed by atoms with Crippen molar-refractivity contribution in [2.75, 3.05) is 0 Å². The summed E-state index contributed by atoms with van der Waals surface area (Å²) in [5, 5.41) is 5.61. The molecule has 1 rings (SSSR count). The smallest absolute Gasteiger partial charge is 0.408 e. The Balaban J connectivity index is 2.75. The van der Waals surface area contributed by atoms with E-state index in [0.29, 0.717) is 12.8 Å². The maximum atomic E-state index is 12.5. The third-order valence-corrected chi connectivity index (χ3v) is 3.07. The van der Waals surface area contributed by atoms with Crippen LogP contribution in [0, 0.1) is 0 Å². The average molecular weight is 334 g/mol. The lowest BCUT2D eigenvalue weighted by atomic mass is 10.0. The summed E-state index contributed by atoms with van der Waals surface area (Å²) in [6, 6.07) is 9.24. The van der Waals surface area contributed by atoms with E-state index in [0.717, 1.165) is 5.56 Å². The maximum Gasteiger partial charge on any atom is 0.408 e. The third-order valence-electron chi connectivity index (χ3n) is 3.07. The summed E-state index contributed by atoms with van der Waals surface area (Å²) in [6.07, 6.45) is 0.619. The molecule has 1 atom stereocenters. The summed E-state index contributed by atoms with van der Waals surface area (Å²) in [7, 11) is 0. The van der Waals surface area contributed by atoms with Gasteiger partial charge in [0.2, 0.25) is 5.91 Å². The molecule has 134 valence electrons. The summed E-state index contributed by atoms with van der Waals surface area (Å²) in [5.41, 5.74) is 0.156. The zero-order chi connectivity index (χ0) is 18.4. The van der Waals surface area contributed by atoms with E-state index in [9.17, 15) is 9.59 Å². The molecule has 0 aliphatic heterocycles. The zero-order valence-electron chi connectivity index (χ0n) is 15.6. The Hall–Kier alpha value is -2.04. The molecule has 5 nitrogen and oxygen atoms in total. The van der Waals surface area contributed by atoms with Gasteiger partial charge in [0, 0.05) is 5.54 Å². The molecule has 0 saturated heterocycles. The third kappa shape index (κ3) is 8.56. The van der Waals surface area contributed by atoms with E-state index in [2.05, 4.69) is 10.6 Å². The van der Waals surface area contributed by atoms with Gasteiger partial charge in [0.25, 0.3) is 0 Å². The van der Waals surface area contributed by atoms with Gasteiger partial charge in [-0.15, -0.1) is 0 Å². The number of hydrogen-bond donors (Lipinski definition) is 2. The summed E-state index contributed by atoms with van der Waals surface area (Å²) < 4.78 is 5.27. The molecule has 0 aromatic heterocycles. The molecule has 1 aromatic rings. The summed E-state index contributed by atoms with van der Waals surface area (Å²) in [5.74, 6) is -0.204. The van der Waals surface area contributed by atoms with Gasteiger partial charge in [-0.2, -0.15) is 0 Å². The van der Waals surface area contributed by atoms with Gasteiger partial charge in [0.1, 0.15) is 11.6 Å². The van der Waals surface area contributed by atoms with Gasteiger partial charge in [-0.05, 0) is 59.9 Å². The first kappa shape index (κ1) is 20.0. The number of carbonyl (C=O) groups excluding carboxylic acids is 2. The van der Waals surface area contributed by atoms with Crippen LogP contribution >= 0.6 is 0 Å². The second-order valence-electron chi connectivity index (χ2n) is 7.96. The van der Waals surface area contributed by atoms with Crippen molar-refractivity contribution in [3.8, 4) is 0 Å². The minimum absolute atomic E-state index is 0.204. The van der Waals surface area contributed by atoms with Gasteiger partial charge in [0.05, 0.1) is 0 Å². The molecule has 24 heavy (non-hydrogen) atoms. The number of alkyl carbamates (subject to hydrolysis) is 1. The van der Waals surface area contributed by atoms with Crippen molar-refractivity contribution in [3.05, 3.63) is 35.9 Å². The van der Waals surface area contributed by atoms with Crippen molar-refractivity contribution < 1.29 is 14.3 Å². The first-order valence-electron chi connectivity index (χ1n) is 8.32. The SMILES string of the molecule is CC(C)(C)NC(=O)[C@H](CCc1ccccc1)NC(=O)OC(C)(C)C. The first-order valence-corrected chi connectivity index (χ1v) is 8.32. The van der Waals surface area contributed by atoms with Crippen LogP contribution in [0.1, 0.15) is 53.5 Å². The minimum Gasteiger partial charge on any atom is -0.444 e. The fourth-order valence-electron chi connectivity index (χ4n) is 2.13. The van der Waals surface area contributed by atoms with Crippen LogP contribution in [0.3, 0.4) is 0 Å². The van der Waals surface area contributed by atoms with Crippen LogP contribution in [-0.4, -0.2) is 29.2 Å². The Bertz CT molecular complexity index is 542. The van der Waals surface area contributed by atoms with Crippen molar-refractivity contribution in [3.63, 3.8) is 0 Å². The molecule has 2 amide bonds. The number of ether oxygens (including phenoxy) is 1. The van der Waals surface area contributed by atoms with Gasteiger partial charge < -0.3 is 15.4 Å². The standard InChI is InChI=1S/C19H30N2O3/c1-18(2,3)21-16(22)15(20-17(23)24-19(4,5)6)13-12-14-10-8-7-9-11-14/h7-11,15H,12-13H2,1-6H3,(H,20,23)(H,21,22)/t15-/m0/s1. The highest BCUT2D eigenvalue weighted by Gasteiger charge is 2.26. The predicted octanol–water partition coefficient (Wildman–Crippen LogP) is 3.43. The Labute approximate surface area is 145 Å². The van der Waals surface area contributed by atoms with Crippen LogP contribution in [-0.2, 0) is 16.0 Å². The highest BCUT2D eigenvalue weighted by molar-refractivity contribution is 5.86. The molecule has 0 aliphatic rings. The topological polar surface area (TPSA) is 67.4 Å². The van der Waals surface area contributed by atoms with Crippen LogP contribution < -0.4 is 10.6 Å². The van der Waals surface area contributed by atoms with Crippen LogP contribution in [0.25, 0.3) is 0 Å². The number of amides is 2. The highest BCUT2D eigenvalue weighted by Crippen LogP contribution is 2.10. The van der Waals surface area contributed by atoms with Gasteiger partial charge in [0.15, 0.2) is 0 Å². The molecule has 0 fully saturated rings. The molecule has 0 bridgehead atoms. The lowest BCUT2D eigenvalue weighted by Gasteiger charge is -2.27. The number of hydrogen-bond acceptors (Lipinski definition) is 3. The molecule has 0 radical (unpaired) electrons. The summed E-state index contributed by atoms with van der Waals surface area (Å²) >= 11 is 0. The molecule has 1 aromatic carbocycles. The Kier molecular flexibility index (Phi) is 6.81. The fraction of sp³-hybridized carbons (Fsp3) is 0.579. The minimum atomic E-state index is -0.640. The number of carbonyl (C=O) groups is 2. The van der Waals surface area contributed by atoms with Gasteiger partial charge in [-0.25, -0.2) is 4.79 Å². The molecule has 0 heterocycles. The van der Waals surface area contributed by atoms with Crippen molar-refractivity contribution >= 4 is 12.0 Å². The van der Waals surface area contributed by atoms with E-state index < -0.39 is 17.7 Å². The molecule has 2 N–H and O–H groups in total. The Morgan fingerprint density at radius 2 is 1.62 bits per heavy atom. The van der Waals surface area contributed by atoms with E-state index in [1.807, 2.05) is 51.1 Å². The summed E-state index contributed by atoms with van der Waals surface area (Å²) in [4.78, 5) is 24.5. The second-order valence-corrected chi connectivity index (χ2v) is 7.96. The largest absolute Gasteiger partial charge is 0.444 e. The fourth-order valence-corrected chi connectivity index (χ4v) is 2.13. The molecular formula is C19H30N2O3. The number of aryl methyl sites for hydroxylation is 1. The van der Waals surface area contributed by atoms with Crippen molar-refractivity contribution in [2.45, 2.75) is 71.6 Å². The van der Waals surface area contributed by atoms with Gasteiger partial charge in [-0.1, -0.05) is 30.3 Å². The lowest BCUT2D eigenvalue weighted by molar-refractivity contribution is -0.124. The molecule has 0 unspecified atom stereocenters. The number of rotatable bonds is 5. The molecule has 5 heteroatoms. The van der Waals surface area contributed by atoms with Gasteiger partial charge in [-0.3, -0.25) is 4.79 Å². The second kappa shape index (κ2) is 8.18.